The van der Waals surface area contributed by atoms with Crippen LogP contribution in [0.1, 0.15) is 33.4 Å². The maximum atomic E-state index is 9.97. The van der Waals surface area contributed by atoms with Gasteiger partial charge in [-0.3, -0.25) is 15.0 Å². The predicted molar refractivity (Wildman–Crippen MR) is 270 cm³/mol. The van der Waals surface area contributed by atoms with Gasteiger partial charge >= 0.3 is 0 Å². The number of hydrogen-bond acceptors (Lipinski definition) is 6. The lowest BCUT2D eigenvalue weighted by atomic mass is 9.66. The first-order chi connectivity index (χ1) is 34.1. The van der Waals surface area contributed by atoms with Gasteiger partial charge in [-0.05, 0) is 97.1 Å². The number of hydrogen-bond donors (Lipinski definition) is 0. The molecule has 13 aromatic rings. The molecule has 9 nitrogen and oxygen atoms in total. The number of fused-ring (bicyclic) bond motifs is 18. The number of benzene rings is 7. The van der Waals surface area contributed by atoms with Crippen LogP contribution >= 0.6 is 0 Å². The summed E-state index contributed by atoms with van der Waals surface area (Å²) in [4.78, 5) is 15.5. The van der Waals surface area contributed by atoms with Crippen molar-refractivity contribution in [2.45, 2.75) is 5.41 Å². The molecule has 15 rings (SSSR count). The molecule has 0 bridgehead atoms. The van der Waals surface area contributed by atoms with Gasteiger partial charge in [0.05, 0.1) is 103 Å². The molecule has 0 unspecified atom stereocenters. The minimum Gasteiger partial charge on any atom is -0.457 e. The van der Waals surface area contributed by atoms with Crippen molar-refractivity contribution in [3.8, 4) is 52.1 Å². The van der Waals surface area contributed by atoms with Gasteiger partial charge in [-0.1, -0.05) is 72.8 Å². The van der Waals surface area contributed by atoms with Crippen molar-refractivity contribution in [1.82, 2.24) is 28.7 Å². The molecule has 1 aliphatic carbocycles. The molecule has 0 saturated carbocycles. The van der Waals surface area contributed by atoms with Crippen molar-refractivity contribution in [3.63, 3.8) is 0 Å². The molecule has 6 aromatic heterocycles. The quantitative estimate of drug-likeness (QED) is 0.175. The molecule has 7 aromatic carbocycles. The van der Waals surface area contributed by atoms with Gasteiger partial charge in [-0.15, -0.1) is 0 Å². The van der Waals surface area contributed by atoms with Crippen molar-refractivity contribution in [2.75, 3.05) is 0 Å². The fraction of sp³-hybridized carbons (Fsp3) is 0.0167. The standard InChI is InChI=1S/C60H32N8O/c61-30-35-17-20-53-44(25-35)41-10-2-6-14-51(41)67(53)38-28-48-58(64-32-38)59-49(29-39(33-65-59)68-52-15-7-3-11-42(52)45-26-36(31-62)18-21-54(45)68)60(48)46-12-4-8-16-56(46)69-57-22-19-37(27-47(57)60)66-50-13-5-1-9-40(50)43-23-24-63-34-55(43)66/h1-29,32-34H. The summed E-state index contributed by atoms with van der Waals surface area (Å²) >= 11 is 0. The van der Waals surface area contributed by atoms with E-state index in [-0.39, 0.29) is 0 Å². The highest BCUT2D eigenvalue weighted by atomic mass is 16.5. The summed E-state index contributed by atoms with van der Waals surface area (Å²) in [6.07, 6.45) is 7.70. The van der Waals surface area contributed by atoms with Gasteiger partial charge < -0.3 is 18.4 Å². The maximum Gasteiger partial charge on any atom is 0.132 e. The third-order valence-electron chi connectivity index (χ3n) is 14.5. The summed E-state index contributed by atoms with van der Waals surface area (Å²) in [5, 5.41) is 26.3. The third-order valence-corrected chi connectivity index (χ3v) is 14.5. The smallest absolute Gasteiger partial charge is 0.132 e. The Balaban J connectivity index is 1.07. The lowest BCUT2D eigenvalue weighted by Gasteiger charge is -2.39. The van der Waals surface area contributed by atoms with Crippen LogP contribution in [0.25, 0.3) is 93.9 Å². The zero-order chi connectivity index (χ0) is 45.5. The van der Waals surface area contributed by atoms with E-state index in [1.54, 1.807) is 0 Å². The maximum absolute atomic E-state index is 9.97. The van der Waals surface area contributed by atoms with Crippen molar-refractivity contribution in [1.29, 1.82) is 10.5 Å². The average Bonchev–Trinajstić information content (AvgIpc) is 4.12. The van der Waals surface area contributed by atoms with E-state index in [1.165, 1.54) is 0 Å². The Labute approximate surface area is 393 Å². The van der Waals surface area contributed by atoms with E-state index in [9.17, 15) is 10.5 Å². The molecule has 69 heavy (non-hydrogen) atoms. The van der Waals surface area contributed by atoms with Crippen LogP contribution in [0.2, 0.25) is 0 Å². The van der Waals surface area contributed by atoms with Crippen LogP contribution in [0.4, 0.5) is 0 Å². The zero-order valence-electron chi connectivity index (χ0n) is 36.5. The Morgan fingerprint density at radius 2 is 0.870 bits per heavy atom. The van der Waals surface area contributed by atoms with Gasteiger partial charge in [0.1, 0.15) is 11.5 Å². The van der Waals surface area contributed by atoms with Gasteiger partial charge in [0, 0.05) is 66.5 Å². The van der Waals surface area contributed by atoms with E-state index < -0.39 is 5.41 Å². The Morgan fingerprint density at radius 1 is 0.391 bits per heavy atom. The number of para-hydroxylation sites is 4. The number of nitrogens with zero attached hydrogens (tertiary/aromatic N) is 8. The first-order valence-electron chi connectivity index (χ1n) is 22.8. The van der Waals surface area contributed by atoms with Crippen molar-refractivity contribution < 1.29 is 4.74 Å². The normalized spacial score (nSPS) is 13.1. The van der Waals surface area contributed by atoms with Crippen LogP contribution in [-0.2, 0) is 5.41 Å². The zero-order valence-corrected chi connectivity index (χ0v) is 36.5. The third kappa shape index (κ3) is 4.87. The summed E-state index contributed by atoms with van der Waals surface area (Å²) in [6.45, 7) is 0. The average molecular weight is 881 g/mol. The first-order valence-corrected chi connectivity index (χ1v) is 22.8. The summed E-state index contributed by atoms with van der Waals surface area (Å²) in [5.41, 5.74) is 14.4. The monoisotopic (exact) mass is 880 g/mol. The van der Waals surface area contributed by atoms with Crippen LogP contribution in [0.15, 0.2) is 195 Å². The summed E-state index contributed by atoms with van der Waals surface area (Å²) in [6, 6.07) is 63.2. The highest BCUT2D eigenvalue weighted by Crippen LogP contribution is 2.62. The molecule has 0 saturated heterocycles. The van der Waals surface area contributed by atoms with Crippen LogP contribution in [0.5, 0.6) is 11.5 Å². The first kappa shape index (κ1) is 37.4. The number of pyridine rings is 3. The van der Waals surface area contributed by atoms with Gasteiger partial charge in [0.2, 0.25) is 0 Å². The molecular formula is C60H32N8O. The minimum absolute atomic E-state index is 0.604. The summed E-state index contributed by atoms with van der Waals surface area (Å²) in [5.74, 6) is 1.47. The highest BCUT2D eigenvalue weighted by Gasteiger charge is 2.53. The molecule has 0 radical (unpaired) electrons. The predicted octanol–water partition coefficient (Wildman–Crippen LogP) is 13.4. The largest absolute Gasteiger partial charge is 0.457 e. The minimum atomic E-state index is -0.993. The van der Waals surface area contributed by atoms with E-state index in [2.05, 4.69) is 146 Å². The summed E-state index contributed by atoms with van der Waals surface area (Å²) in [7, 11) is 0. The molecule has 1 aliphatic heterocycles. The van der Waals surface area contributed by atoms with Gasteiger partial charge in [0.15, 0.2) is 0 Å². The van der Waals surface area contributed by atoms with E-state index in [0.29, 0.717) is 11.1 Å². The molecule has 0 fully saturated rings. The Hall–Kier alpha value is -9.83. The molecule has 1 spiro atoms. The van der Waals surface area contributed by atoms with Gasteiger partial charge in [-0.2, -0.15) is 10.5 Å². The number of aromatic nitrogens is 6. The van der Waals surface area contributed by atoms with Crippen molar-refractivity contribution in [2.24, 2.45) is 0 Å². The lowest BCUT2D eigenvalue weighted by molar-refractivity contribution is 0.436. The van der Waals surface area contributed by atoms with Crippen molar-refractivity contribution in [3.05, 3.63) is 228 Å². The molecule has 0 amide bonds. The Kier molecular flexibility index (Phi) is 7.38. The second-order valence-electron chi connectivity index (χ2n) is 17.8. The van der Waals surface area contributed by atoms with Gasteiger partial charge in [0.25, 0.3) is 0 Å². The molecule has 0 atom stereocenters. The number of nitriles is 2. The van der Waals surface area contributed by atoms with Gasteiger partial charge in [-0.25, -0.2) is 0 Å². The number of rotatable bonds is 3. The van der Waals surface area contributed by atoms with Crippen LogP contribution < -0.4 is 4.74 Å². The van der Waals surface area contributed by atoms with E-state index >= 15 is 0 Å². The summed E-state index contributed by atoms with van der Waals surface area (Å²) < 4.78 is 13.8. The Bertz CT molecular complexity index is 4280. The molecule has 2 aliphatic rings. The Morgan fingerprint density at radius 3 is 1.46 bits per heavy atom. The fourth-order valence-electron chi connectivity index (χ4n) is 11.7. The van der Waals surface area contributed by atoms with Crippen molar-refractivity contribution >= 4 is 65.4 Å². The fourth-order valence-corrected chi connectivity index (χ4v) is 11.7. The molecule has 7 heterocycles. The molecule has 9 heteroatoms. The van der Waals surface area contributed by atoms with Crippen LogP contribution in [0.3, 0.4) is 0 Å². The topological polar surface area (TPSA) is 110 Å². The van der Waals surface area contributed by atoms with Crippen LogP contribution in [0, 0.1) is 22.7 Å². The van der Waals surface area contributed by atoms with E-state index in [0.717, 1.165) is 128 Å². The second-order valence-corrected chi connectivity index (χ2v) is 17.8. The molecule has 0 N–H and O–H groups in total. The van der Waals surface area contributed by atoms with Crippen LogP contribution in [-0.4, -0.2) is 28.7 Å². The van der Waals surface area contributed by atoms with E-state index in [4.69, 9.17) is 14.7 Å². The number of ether oxygens (including phenoxy) is 1. The molecular weight excluding hydrogens is 849 g/mol. The SMILES string of the molecule is N#Cc1ccc2c(c1)c1ccccc1n2-c1cnc2c(c1)C1(c3ccccc3Oc3ccc(-n4c5ccccc5c5ccncc54)cc31)c1cc(-n3c4ccccc4c4cc(C#N)ccc43)cnc1-2. The van der Waals surface area contributed by atoms with E-state index in [1.807, 2.05) is 79.4 Å². The highest BCUT2D eigenvalue weighted by molar-refractivity contribution is 6.11. The molecule has 318 valence electrons. The second kappa shape index (κ2) is 13.6. The lowest BCUT2D eigenvalue weighted by Crippen LogP contribution is -2.32.